The number of unbranched alkanes of at least 4 members (excludes halogenated alkanes) is 12. The molecule has 3 saturated heterocycles. The Bertz CT molecular complexity index is 2090. The summed E-state index contributed by atoms with van der Waals surface area (Å²) in [6, 6.07) is 0. The van der Waals surface area contributed by atoms with E-state index in [0.717, 1.165) is 77.0 Å². The van der Waals surface area contributed by atoms with E-state index in [4.69, 9.17) is 42.6 Å². The van der Waals surface area contributed by atoms with Gasteiger partial charge >= 0.3 is 18.0 Å². The minimum atomic E-state index is -1.21. The van der Waals surface area contributed by atoms with Crippen LogP contribution in [0, 0.1) is 23.2 Å². The average molecular weight is 1390 g/mol. The highest BCUT2D eigenvalue weighted by atomic mass is 16.7. The molecule has 28 nitrogen and oxygen atoms in total. The second-order valence-corrected chi connectivity index (χ2v) is 26.6. The molecule has 0 bridgehead atoms. The molecule has 15 atom stereocenters. The third-order valence-electron chi connectivity index (χ3n) is 18.5. The Morgan fingerprint density at radius 3 is 1.10 bits per heavy atom. The molecule has 3 amide bonds. The van der Waals surface area contributed by atoms with Crippen molar-refractivity contribution in [3.8, 4) is 0 Å². The smallest absolute Gasteiger partial charge is 0.407 e. The highest BCUT2D eigenvalue weighted by molar-refractivity contribution is 5.79. The van der Waals surface area contributed by atoms with Gasteiger partial charge in [0, 0.05) is 94.2 Å². The molecule has 3 aliphatic rings. The number of nitrogens with one attached hydrogen (secondary N) is 3. The van der Waals surface area contributed by atoms with Crippen molar-refractivity contribution in [3.05, 3.63) is 0 Å². The Morgan fingerprint density at radius 1 is 0.381 bits per heavy atom. The number of carbonyl (C=O) groups excluding carboxylic acids is 7. The summed E-state index contributed by atoms with van der Waals surface area (Å²) < 4.78 is 50.8. The van der Waals surface area contributed by atoms with Gasteiger partial charge < -0.3 is 105 Å². The number of amides is 3. The molecule has 3 rings (SSSR count). The Balaban J connectivity index is 1.36. The summed E-state index contributed by atoms with van der Waals surface area (Å²) in [5, 5.41) is 97.7. The lowest BCUT2D eigenvalue weighted by atomic mass is 9.75. The molecular weight excluding hydrogens is 1270 g/mol. The van der Waals surface area contributed by atoms with Gasteiger partial charge in [-0.15, -0.1) is 0 Å². The number of carbonyl (C=O) groups is 7. The summed E-state index contributed by atoms with van der Waals surface area (Å²) >= 11 is 0. The first-order valence-corrected chi connectivity index (χ1v) is 36.1. The minimum Gasteiger partial charge on any atom is -0.466 e. The van der Waals surface area contributed by atoms with Gasteiger partial charge in [-0.2, -0.15) is 0 Å². The van der Waals surface area contributed by atoms with Crippen LogP contribution in [0.25, 0.3) is 0 Å². The van der Waals surface area contributed by atoms with Gasteiger partial charge in [-0.3, -0.25) is 28.8 Å². The predicted molar refractivity (Wildman–Crippen MR) is 353 cm³/mol. The standard InChI is InChI=1S/C69H123N3O25/c1-5-50(76)42-69(46-94-68(88)72-36-20-14-6-9-15-26-51(77)27-21-37-91-65-47(2)59(82)62(85)52(43-73)95-65,32-24-40-89-57(80)30-16-10-7-12-18-34-70-55(78)28-22-38-92-66-48(3)60(83)63(86)53(44-74)96-66)33-25-41-90-58(81)31-17-11-8-13-19-35-71-56(79)29-23-39-93-67-49(4)61(84)64(87)54(45-75)97-67/h47-49,52-54,59-67,73-75,82-87H,5-46H2,1-4H3,(H,70,78)(H,71,79)(H,72,88). The Hall–Kier alpha value is -4.11. The van der Waals surface area contributed by atoms with Gasteiger partial charge in [0.15, 0.2) is 18.9 Å². The Kier molecular flexibility index (Phi) is 45.9. The van der Waals surface area contributed by atoms with Crippen LogP contribution in [0.15, 0.2) is 0 Å². The monoisotopic (exact) mass is 1390 g/mol. The third kappa shape index (κ3) is 35.4. The first-order chi connectivity index (χ1) is 46.6. The predicted octanol–water partition coefficient (Wildman–Crippen LogP) is 4.15. The molecule has 28 heteroatoms. The van der Waals surface area contributed by atoms with Gasteiger partial charge in [0.05, 0.1) is 77.8 Å². The maximum atomic E-state index is 13.2. The maximum Gasteiger partial charge on any atom is 0.407 e. The van der Waals surface area contributed by atoms with E-state index >= 15 is 0 Å². The molecule has 0 aliphatic carbocycles. The van der Waals surface area contributed by atoms with Crippen LogP contribution >= 0.6 is 0 Å². The van der Waals surface area contributed by atoms with Gasteiger partial charge in [0.2, 0.25) is 11.8 Å². The number of rotatable bonds is 55. The second-order valence-electron chi connectivity index (χ2n) is 26.6. The molecule has 564 valence electrons. The molecule has 0 aromatic rings. The van der Waals surface area contributed by atoms with E-state index in [-0.39, 0.29) is 113 Å². The van der Waals surface area contributed by atoms with Crippen molar-refractivity contribution in [1.29, 1.82) is 0 Å². The van der Waals surface area contributed by atoms with Gasteiger partial charge in [-0.05, 0) is 83.5 Å². The molecule has 97 heavy (non-hydrogen) atoms. The number of ketones is 2. The van der Waals surface area contributed by atoms with E-state index in [9.17, 15) is 79.5 Å². The highest BCUT2D eigenvalue weighted by Gasteiger charge is 2.45. The van der Waals surface area contributed by atoms with Crippen LogP contribution < -0.4 is 16.0 Å². The molecule has 0 spiro atoms. The molecule has 3 heterocycles. The van der Waals surface area contributed by atoms with E-state index in [1.807, 2.05) is 0 Å². The SMILES string of the molecule is CCC(=O)CC(CCCOC(=O)CCCCCCCNC(=O)CCCOC1OC(CO)C(O)C(O)C1C)(CCCOC(=O)CCCCCCCNC(=O)CCCOC1OC(CO)C(O)C(O)C1C)COC(=O)NCCCCCCCC(=O)CCCOC1OC(CO)C(O)C(O)C1C. The minimum absolute atomic E-state index is 0.0319. The molecule has 15 unspecified atom stereocenters. The van der Waals surface area contributed by atoms with Gasteiger partial charge in [-0.25, -0.2) is 4.79 Å². The fourth-order valence-electron chi connectivity index (χ4n) is 12.1. The lowest BCUT2D eigenvalue weighted by molar-refractivity contribution is -0.282. The van der Waals surface area contributed by atoms with E-state index < -0.39 is 123 Å². The Morgan fingerprint density at radius 2 is 0.722 bits per heavy atom. The van der Waals surface area contributed by atoms with Crippen LogP contribution in [0.3, 0.4) is 0 Å². The Labute approximate surface area is 573 Å². The maximum absolute atomic E-state index is 13.2. The zero-order chi connectivity index (χ0) is 71.4. The summed E-state index contributed by atoms with van der Waals surface area (Å²) in [5.41, 5.74) is -0.826. The van der Waals surface area contributed by atoms with Crippen LogP contribution in [-0.2, 0) is 71.4 Å². The zero-order valence-corrected chi connectivity index (χ0v) is 58.4. The van der Waals surface area contributed by atoms with Crippen molar-refractivity contribution < 1.29 is 122 Å². The number of aliphatic hydroxyl groups excluding tert-OH is 9. The summed E-state index contributed by atoms with van der Waals surface area (Å²) in [7, 11) is 0. The van der Waals surface area contributed by atoms with Crippen LogP contribution in [0.1, 0.15) is 220 Å². The molecule has 3 aliphatic heterocycles. The average Bonchev–Trinajstić information content (AvgIpc) is 0.870. The van der Waals surface area contributed by atoms with E-state index in [0.29, 0.717) is 96.7 Å². The van der Waals surface area contributed by atoms with Crippen molar-refractivity contribution in [3.63, 3.8) is 0 Å². The normalized spacial score (nSPS) is 26.3. The number of hydrogen-bond acceptors (Lipinski definition) is 25. The lowest BCUT2D eigenvalue weighted by Crippen LogP contribution is -2.55. The summed E-state index contributed by atoms with van der Waals surface area (Å²) in [4.78, 5) is 89.2. The molecule has 12 N–H and O–H groups in total. The van der Waals surface area contributed by atoms with Crippen LogP contribution in [0.5, 0.6) is 0 Å². The molecule has 0 saturated carbocycles. The zero-order valence-electron chi connectivity index (χ0n) is 58.4. The molecule has 0 radical (unpaired) electrons. The summed E-state index contributed by atoms with van der Waals surface area (Å²) in [6.07, 6.45) is 3.82. The van der Waals surface area contributed by atoms with Crippen molar-refractivity contribution in [2.24, 2.45) is 23.2 Å². The highest BCUT2D eigenvalue weighted by Crippen LogP contribution is 2.36. The number of esters is 2. The third-order valence-corrected chi connectivity index (χ3v) is 18.5. The van der Waals surface area contributed by atoms with E-state index in [1.54, 1.807) is 27.7 Å². The first kappa shape index (κ1) is 87.1. The summed E-state index contributed by atoms with van der Waals surface area (Å²) in [6.45, 7) is 7.54. The molecular formula is C69H123N3O25. The second kappa shape index (κ2) is 51.1. The van der Waals surface area contributed by atoms with Crippen molar-refractivity contribution in [1.82, 2.24) is 16.0 Å². The van der Waals surface area contributed by atoms with E-state index in [1.165, 1.54) is 0 Å². The van der Waals surface area contributed by atoms with Crippen LogP contribution in [-0.4, -0.2) is 240 Å². The largest absolute Gasteiger partial charge is 0.466 e. The fraction of sp³-hybridized carbons (Fsp3) is 0.899. The van der Waals surface area contributed by atoms with Crippen LogP contribution in [0.4, 0.5) is 4.79 Å². The molecule has 0 aromatic carbocycles. The van der Waals surface area contributed by atoms with Gasteiger partial charge in [0.1, 0.15) is 48.2 Å². The number of Topliss-reactive ketones (excluding diaryl/α,β-unsaturated/α-hetero) is 2. The van der Waals surface area contributed by atoms with Crippen molar-refractivity contribution in [2.75, 3.05) is 79.1 Å². The van der Waals surface area contributed by atoms with Crippen molar-refractivity contribution in [2.45, 2.75) is 294 Å². The van der Waals surface area contributed by atoms with Crippen molar-refractivity contribution >= 4 is 41.4 Å². The molecule has 3 fully saturated rings. The van der Waals surface area contributed by atoms with Gasteiger partial charge in [0.25, 0.3) is 0 Å². The fourth-order valence-corrected chi connectivity index (χ4v) is 12.1. The topological polar surface area (TPSA) is 421 Å². The quantitative estimate of drug-likeness (QED) is 0.0231. The number of alkyl carbamates (subject to hydrolysis) is 1. The summed E-state index contributed by atoms with van der Waals surface area (Å²) in [5.74, 6) is -2.38. The number of ether oxygens (including phenoxy) is 9. The lowest BCUT2D eigenvalue weighted by Gasteiger charge is -2.40. The first-order valence-electron chi connectivity index (χ1n) is 36.1. The number of hydrogen-bond donors (Lipinski definition) is 12. The van der Waals surface area contributed by atoms with Crippen LogP contribution in [0.2, 0.25) is 0 Å². The number of aliphatic hydroxyl groups is 9. The molecule has 0 aromatic heterocycles. The van der Waals surface area contributed by atoms with E-state index in [2.05, 4.69) is 16.0 Å². The van der Waals surface area contributed by atoms with Gasteiger partial charge in [-0.1, -0.05) is 85.5 Å².